The maximum Gasteiger partial charge on any atom is 0.253 e. The summed E-state index contributed by atoms with van der Waals surface area (Å²) in [6, 6.07) is 20.7. The van der Waals surface area contributed by atoms with E-state index < -0.39 is 0 Å². The first-order chi connectivity index (χ1) is 15.6. The van der Waals surface area contributed by atoms with Gasteiger partial charge in [-0.05, 0) is 54.6 Å². The first-order valence-corrected chi connectivity index (χ1v) is 12.2. The second-order valence-corrected chi connectivity index (χ2v) is 9.59. The number of carbonyl (C=O) groups excluding carboxylic acids is 1. The molecule has 2 heterocycles. The number of thioether (sulfide) groups is 1. The first-order valence-electron chi connectivity index (χ1n) is 10.3. The number of aromatic nitrogens is 2. The molecular formula is C24H20Cl2N4OS. The van der Waals surface area contributed by atoms with Crippen molar-refractivity contribution < 1.29 is 4.79 Å². The average Bonchev–Trinajstić information content (AvgIpc) is 3.16. The third kappa shape index (κ3) is 4.31. The summed E-state index contributed by atoms with van der Waals surface area (Å²) < 4.78 is 1.99. The largest absolute Gasteiger partial charge is 0.337 e. The third-order valence-electron chi connectivity index (χ3n) is 5.35. The van der Waals surface area contributed by atoms with E-state index in [-0.39, 0.29) is 5.91 Å². The van der Waals surface area contributed by atoms with Gasteiger partial charge in [-0.15, -0.1) is 0 Å². The molecule has 4 aromatic rings. The second kappa shape index (κ2) is 9.06. The molecule has 0 spiro atoms. The Morgan fingerprint density at radius 3 is 2.44 bits per heavy atom. The number of carbonyl (C=O) groups is 1. The summed E-state index contributed by atoms with van der Waals surface area (Å²) in [5.74, 6) is 2.62. The van der Waals surface area contributed by atoms with Crippen molar-refractivity contribution in [2.24, 2.45) is 0 Å². The van der Waals surface area contributed by atoms with Gasteiger partial charge in [0.05, 0.1) is 16.7 Å². The van der Waals surface area contributed by atoms with E-state index >= 15 is 0 Å². The molecule has 0 aliphatic carbocycles. The Hall–Kier alpha value is -2.67. The maximum atomic E-state index is 13.0. The Kier molecular flexibility index (Phi) is 6.00. The summed E-state index contributed by atoms with van der Waals surface area (Å²) in [6.07, 6.45) is 0. The lowest BCUT2D eigenvalue weighted by molar-refractivity contribution is 0.0772. The van der Waals surface area contributed by atoms with E-state index in [9.17, 15) is 4.79 Å². The van der Waals surface area contributed by atoms with Crippen molar-refractivity contribution in [1.29, 1.82) is 0 Å². The number of imidazole rings is 1. The number of amides is 1. The van der Waals surface area contributed by atoms with E-state index in [1.165, 1.54) is 0 Å². The Balaban J connectivity index is 1.60. The molecular weight excluding hydrogens is 463 g/mol. The van der Waals surface area contributed by atoms with Crippen LogP contribution in [0.1, 0.15) is 10.4 Å². The predicted molar refractivity (Wildman–Crippen MR) is 134 cm³/mol. The summed E-state index contributed by atoms with van der Waals surface area (Å²) in [6.45, 7) is 1.56. The molecule has 0 unspecified atom stereocenters. The van der Waals surface area contributed by atoms with Crippen LogP contribution in [0.2, 0.25) is 10.0 Å². The van der Waals surface area contributed by atoms with Crippen LogP contribution in [-0.4, -0.2) is 45.0 Å². The molecule has 1 N–H and O–H groups in total. The van der Waals surface area contributed by atoms with Crippen LogP contribution < -0.4 is 5.32 Å². The van der Waals surface area contributed by atoms with Crippen molar-refractivity contribution >= 4 is 63.5 Å². The van der Waals surface area contributed by atoms with Crippen molar-refractivity contribution in [2.45, 2.75) is 0 Å². The molecule has 0 bridgehead atoms. The van der Waals surface area contributed by atoms with Crippen LogP contribution in [0.3, 0.4) is 0 Å². The van der Waals surface area contributed by atoms with Crippen LogP contribution in [-0.2, 0) is 0 Å². The molecule has 5 rings (SSSR count). The van der Waals surface area contributed by atoms with E-state index in [4.69, 9.17) is 28.2 Å². The first kappa shape index (κ1) is 21.2. The quantitative estimate of drug-likeness (QED) is 0.372. The lowest BCUT2D eigenvalue weighted by Crippen LogP contribution is -2.37. The molecule has 0 atom stereocenters. The van der Waals surface area contributed by atoms with Crippen LogP contribution in [0, 0.1) is 0 Å². The molecule has 1 amide bonds. The average molecular weight is 483 g/mol. The minimum Gasteiger partial charge on any atom is -0.337 e. The van der Waals surface area contributed by atoms with Gasteiger partial charge in [-0.25, -0.2) is 4.98 Å². The van der Waals surface area contributed by atoms with Crippen molar-refractivity contribution in [2.75, 3.05) is 29.9 Å². The molecule has 8 heteroatoms. The fourth-order valence-corrected chi connectivity index (χ4v) is 5.10. The van der Waals surface area contributed by atoms with Gasteiger partial charge >= 0.3 is 0 Å². The topological polar surface area (TPSA) is 50.2 Å². The SMILES string of the molecule is O=C(c1ccc2c(c1)nc(Nc1cccc(Cl)c1)n2-c1cccc(Cl)c1)N1CCSCC1. The monoisotopic (exact) mass is 482 g/mol. The molecule has 1 saturated heterocycles. The number of hydrogen-bond acceptors (Lipinski definition) is 4. The number of fused-ring (bicyclic) bond motifs is 1. The van der Waals surface area contributed by atoms with Gasteiger partial charge in [0.25, 0.3) is 5.91 Å². The van der Waals surface area contributed by atoms with E-state index in [0.29, 0.717) is 21.6 Å². The minimum absolute atomic E-state index is 0.0499. The maximum absolute atomic E-state index is 13.0. The Morgan fingerprint density at radius 2 is 1.69 bits per heavy atom. The van der Waals surface area contributed by atoms with E-state index in [1.54, 1.807) is 0 Å². The number of hydrogen-bond donors (Lipinski definition) is 1. The fourth-order valence-electron chi connectivity index (χ4n) is 3.82. The summed E-state index contributed by atoms with van der Waals surface area (Å²) in [5, 5.41) is 4.62. The molecule has 5 nitrogen and oxygen atoms in total. The van der Waals surface area contributed by atoms with Crippen molar-refractivity contribution in [1.82, 2.24) is 14.5 Å². The number of nitrogens with one attached hydrogen (secondary N) is 1. The van der Waals surface area contributed by atoms with Crippen LogP contribution in [0.25, 0.3) is 16.7 Å². The number of rotatable bonds is 4. The lowest BCUT2D eigenvalue weighted by Gasteiger charge is -2.26. The molecule has 3 aromatic carbocycles. The normalized spacial score (nSPS) is 14.0. The summed E-state index contributed by atoms with van der Waals surface area (Å²) in [7, 11) is 0. The van der Waals surface area contributed by atoms with Gasteiger partial charge in [-0.1, -0.05) is 35.3 Å². The molecule has 1 aromatic heterocycles. The minimum atomic E-state index is 0.0499. The number of benzene rings is 3. The van der Waals surface area contributed by atoms with Crippen molar-refractivity contribution in [3.05, 3.63) is 82.3 Å². The third-order valence-corrected chi connectivity index (χ3v) is 6.76. The smallest absolute Gasteiger partial charge is 0.253 e. The van der Waals surface area contributed by atoms with Gasteiger partial charge in [0.1, 0.15) is 0 Å². The molecule has 1 aliphatic heterocycles. The summed E-state index contributed by atoms with van der Waals surface area (Å²) in [5.41, 5.74) is 3.94. The van der Waals surface area contributed by atoms with Gasteiger partial charge in [0, 0.05) is 45.9 Å². The second-order valence-electron chi connectivity index (χ2n) is 7.49. The van der Waals surface area contributed by atoms with Gasteiger partial charge in [-0.3, -0.25) is 9.36 Å². The van der Waals surface area contributed by atoms with Crippen LogP contribution in [0.5, 0.6) is 0 Å². The highest BCUT2D eigenvalue weighted by Gasteiger charge is 2.20. The zero-order valence-corrected chi connectivity index (χ0v) is 19.4. The zero-order valence-electron chi connectivity index (χ0n) is 17.1. The van der Waals surface area contributed by atoms with E-state index in [0.717, 1.165) is 47.0 Å². The summed E-state index contributed by atoms with van der Waals surface area (Å²) in [4.78, 5) is 19.7. The van der Waals surface area contributed by atoms with Crippen LogP contribution in [0.4, 0.5) is 11.6 Å². The molecule has 32 heavy (non-hydrogen) atoms. The standard InChI is InChI=1S/C24H20Cl2N4OS/c25-17-3-1-5-19(14-17)27-24-28-21-13-16(23(31)29-9-11-32-12-10-29)7-8-22(21)30(24)20-6-2-4-18(26)15-20/h1-8,13-15H,9-12H2,(H,27,28). The Bertz CT molecular complexity index is 1300. The highest BCUT2D eigenvalue weighted by atomic mass is 35.5. The van der Waals surface area contributed by atoms with Gasteiger partial charge < -0.3 is 10.2 Å². The number of anilines is 2. The van der Waals surface area contributed by atoms with Gasteiger partial charge in [0.15, 0.2) is 0 Å². The number of halogens is 2. The molecule has 0 radical (unpaired) electrons. The summed E-state index contributed by atoms with van der Waals surface area (Å²) >= 11 is 14.3. The molecule has 0 saturated carbocycles. The Morgan fingerprint density at radius 1 is 0.938 bits per heavy atom. The highest BCUT2D eigenvalue weighted by molar-refractivity contribution is 7.99. The van der Waals surface area contributed by atoms with Crippen molar-refractivity contribution in [3.63, 3.8) is 0 Å². The van der Waals surface area contributed by atoms with Gasteiger partial charge in [0.2, 0.25) is 5.95 Å². The number of nitrogens with zero attached hydrogens (tertiary/aromatic N) is 3. The fraction of sp³-hybridized carbons (Fsp3) is 0.167. The van der Waals surface area contributed by atoms with E-state index in [1.807, 2.05) is 88.0 Å². The van der Waals surface area contributed by atoms with Gasteiger partial charge in [-0.2, -0.15) is 11.8 Å². The highest BCUT2D eigenvalue weighted by Crippen LogP contribution is 2.30. The molecule has 1 fully saturated rings. The lowest BCUT2D eigenvalue weighted by atomic mass is 10.1. The van der Waals surface area contributed by atoms with Crippen LogP contribution in [0.15, 0.2) is 66.7 Å². The van der Waals surface area contributed by atoms with E-state index in [2.05, 4.69) is 5.32 Å². The Labute approximate surface area is 200 Å². The zero-order chi connectivity index (χ0) is 22.1. The molecule has 1 aliphatic rings. The van der Waals surface area contributed by atoms with Crippen molar-refractivity contribution in [3.8, 4) is 5.69 Å². The predicted octanol–water partition coefficient (Wildman–Crippen LogP) is 6.26. The van der Waals surface area contributed by atoms with Crippen LogP contribution >= 0.6 is 35.0 Å². The molecule has 162 valence electrons.